The highest BCUT2D eigenvalue weighted by atomic mass is 16.7. The van der Waals surface area contributed by atoms with Crippen LogP contribution in [0.4, 0.5) is 0 Å². The SMILES string of the molecule is COC(C/C=C/N(C)C)OC. The number of methoxy groups -OCH3 is 2. The number of hydrogen-bond donors (Lipinski definition) is 0. The first-order valence-corrected chi connectivity index (χ1v) is 3.59. The van der Waals surface area contributed by atoms with Gasteiger partial charge in [-0.3, -0.25) is 0 Å². The second-order valence-electron chi connectivity index (χ2n) is 2.49. The molecule has 0 spiro atoms. The largest absolute Gasteiger partial charge is 0.384 e. The van der Waals surface area contributed by atoms with E-state index in [2.05, 4.69) is 0 Å². The summed E-state index contributed by atoms with van der Waals surface area (Å²) in [7, 11) is 7.23. The lowest BCUT2D eigenvalue weighted by Gasteiger charge is -2.10. The summed E-state index contributed by atoms with van der Waals surface area (Å²) in [4.78, 5) is 1.97. The fraction of sp³-hybridized carbons (Fsp3) is 0.750. The van der Waals surface area contributed by atoms with Crippen molar-refractivity contribution in [1.82, 2.24) is 4.90 Å². The van der Waals surface area contributed by atoms with E-state index in [4.69, 9.17) is 9.47 Å². The molecule has 0 aliphatic heterocycles. The molecule has 0 unspecified atom stereocenters. The Labute approximate surface area is 68.6 Å². The van der Waals surface area contributed by atoms with Crippen LogP contribution in [0.5, 0.6) is 0 Å². The third-order valence-corrected chi connectivity index (χ3v) is 1.26. The predicted molar refractivity (Wildman–Crippen MR) is 45.3 cm³/mol. The second-order valence-corrected chi connectivity index (χ2v) is 2.49. The highest BCUT2D eigenvalue weighted by Crippen LogP contribution is 1.98. The van der Waals surface area contributed by atoms with Gasteiger partial charge in [0.1, 0.15) is 0 Å². The highest BCUT2D eigenvalue weighted by Gasteiger charge is 1.99. The van der Waals surface area contributed by atoms with Crippen LogP contribution < -0.4 is 0 Å². The molecule has 0 radical (unpaired) electrons. The van der Waals surface area contributed by atoms with E-state index in [-0.39, 0.29) is 6.29 Å². The van der Waals surface area contributed by atoms with Gasteiger partial charge in [-0.05, 0) is 6.20 Å². The minimum Gasteiger partial charge on any atom is -0.384 e. The minimum atomic E-state index is -0.119. The van der Waals surface area contributed by atoms with Crippen LogP contribution in [0.3, 0.4) is 0 Å². The molecule has 3 nitrogen and oxygen atoms in total. The van der Waals surface area contributed by atoms with Gasteiger partial charge >= 0.3 is 0 Å². The van der Waals surface area contributed by atoms with Crippen LogP contribution in [0.25, 0.3) is 0 Å². The van der Waals surface area contributed by atoms with Gasteiger partial charge in [0.2, 0.25) is 0 Å². The molecule has 0 atom stereocenters. The maximum Gasteiger partial charge on any atom is 0.160 e. The summed E-state index contributed by atoms with van der Waals surface area (Å²) in [6.07, 6.45) is 4.65. The molecule has 0 amide bonds. The molecule has 0 aromatic rings. The van der Waals surface area contributed by atoms with Crippen molar-refractivity contribution < 1.29 is 9.47 Å². The van der Waals surface area contributed by atoms with E-state index < -0.39 is 0 Å². The Morgan fingerprint density at radius 1 is 1.27 bits per heavy atom. The Morgan fingerprint density at radius 2 is 1.82 bits per heavy atom. The summed E-state index contributed by atoms with van der Waals surface area (Å²) in [6, 6.07) is 0. The van der Waals surface area contributed by atoms with Gasteiger partial charge in [0.15, 0.2) is 6.29 Å². The fourth-order valence-electron chi connectivity index (χ4n) is 0.671. The number of ether oxygens (including phenoxy) is 2. The smallest absolute Gasteiger partial charge is 0.160 e. The molecular formula is C8H17NO2. The van der Waals surface area contributed by atoms with Crippen molar-refractivity contribution in [2.75, 3.05) is 28.3 Å². The lowest BCUT2D eigenvalue weighted by molar-refractivity contribution is -0.0987. The van der Waals surface area contributed by atoms with Crippen LogP contribution in [0.15, 0.2) is 12.3 Å². The van der Waals surface area contributed by atoms with E-state index in [1.54, 1.807) is 14.2 Å². The predicted octanol–water partition coefficient (Wildman–Crippen LogP) is 1.07. The van der Waals surface area contributed by atoms with Gasteiger partial charge in [0.25, 0.3) is 0 Å². The molecule has 0 N–H and O–H groups in total. The van der Waals surface area contributed by atoms with Crippen molar-refractivity contribution in [1.29, 1.82) is 0 Å². The molecule has 0 aromatic heterocycles. The molecule has 66 valence electrons. The van der Waals surface area contributed by atoms with Crippen molar-refractivity contribution in [2.24, 2.45) is 0 Å². The molecule has 0 aliphatic rings. The van der Waals surface area contributed by atoms with Crippen molar-refractivity contribution in [3.05, 3.63) is 12.3 Å². The van der Waals surface area contributed by atoms with Crippen LogP contribution in [0, 0.1) is 0 Å². The zero-order valence-corrected chi connectivity index (χ0v) is 7.70. The normalized spacial score (nSPS) is 11.4. The van der Waals surface area contributed by atoms with Gasteiger partial charge in [0, 0.05) is 34.7 Å². The molecule has 3 heteroatoms. The van der Waals surface area contributed by atoms with Crippen molar-refractivity contribution in [3.8, 4) is 0 Å². The molecule has 0 aliphatic carbocycles. The van der Waals surface area contributed by atoms with Crippen molar-refractivity contribution >= 4 is 0 Å². The molecule has 0 aromatic carbocycles. The quantitative estimate of drug-likeness (QED) is 0.560. The van der Waals surface area contributed by atoms with E-state index in [1.807, 2.05) is 31.3 Å². The van der Waals surface area contributed by atoms with Crippen LogP contribution in [0.2, 0.25) is 0 Å². The van der Waals surface area contributed by atoms with E-state index in [1.165, 1.54) is 0 Å². The number of rotatable bonds is 5. The molecule has 0 rings (SSSR count). The van der Waals surface area contributed by atoms with E-state index >= 15 is 0 Å². The first kappa shape index (κ1) is 10.5. The summed E-state index contributed by atoms with van der Waals surface area (Å²) in [6.45, 7) is 0. The minimum absolute atomic E-state index is 0.119. The topological polar surface area (TPSA) is 21.7 Å². The van der Waals surface area contributed by atoms with E-state index in [0.717, 1.165) is 6.42 Å². The molecule has 0 saturated carbocycles. The van der Waals surface area contributed by atoms with E-state index in [9.17, 15) is 0 Å². The monoisotopic (exact) mass is 159 g/mol. The van der Waals surface area contributed by atoms with Crippen molar-refractivity contribution in [3.63, 3.8) is 0 Å². The van der Waals surface area contributed by atoms with Gasteiger partial charge in [-0.2, -0.15) is 0 Å². The first-order chi connectivity index (χ1) is 5.20. The van der Waals surface area contributed by atoms with Gasteiger partial charge < -0.3 is 14.4 Å². The van der Waals surface area contributed by atoms with Crippen LogP contribution >= 0.6 is 0 Å². The molecule has 0 heterocycles. The van der Waals surface area contributed by atoms with Crippen LogP contribution in [-0.2, 0) is 9.47 Å². The van der Waals surface area contributed by atoms with Crippen LogP contribution in [0.1, 0.15) is 6.42 Å². The first-order valence-electron chi connectivity index (χ1n) is 3.59. The number of hydrogen-bond acceptors (Lipinski definition) is 3. The van der Waals surface area contributed by atoms with Gasteiger partial charge in [-0.25, -0.2) is 0 Å². The lowest BCUT2D eigenvalue weighted by Crippen LogP contribution is -2.11. The molecule has 11 heavy (non-hydrogen) atoms. The zero-order chi connectivity index (χ0) is 8.69. The number of nitrogens with zero attached hydrogens (tertiary/aromatic N) is 1. The fourth-order valence-corrected chi connectivity index (χ4v) is 0.671. The lowest BCUT2D eigenvalue weighted by atomic mass is 10.4. The summed E-state index contributed by atoms with van der Waals surface area (Å²) >= 11 is 0. The van der Waals surface area contributed by atoms with Gasteiger partial charge in [0.05, 0.1) is 0 Å². The maximum absolute atomic E-state index is 4.99. The summed E-state index contributed by atoms with van der Waals surface area (Å²) in [5.74, 6) is 0. The van der Waals surface area contributed by atoms with Crippen molar-refractivity contribution in [2.45, 2.75) is 12.7 Å². The summed E-state index contributed by atoms with van der Waals surface area (Å²) in [5, 5.41) is 0. The highest BCUT2D eigenvalue weighted by molar-refractivity contribution is 4.79. The standard InChI is InChI=1S/C8H17NO2/c1-9(2)7-5-6-8(10-3)11-4/h5,7-8H,6H2,1-4H3/b7-5+. The molecule has 0 bridgehead atoms. The Balaban J connectivity index is 3.49. The molecular weight excluding hydrogens is 142 g/mol. The Bertz CT molecular complexity index is 109. The maximum atomic E-state index is 4.99. The Hall–Kier alpha value is -0.540. The Kier molecular flexibility index (Phi) is 5.88. The Morgan fingerprint density at radius 3 is 2.18 bits per heavy atom. The van der Waals surface area contributed by atoms with Gasteiger partial charge in [-0.1, -0.05) is 6.08 Å². The molecule has 0 fully saturated rings. The second kappa shape index (κ2) is 6.19. The van der Waals surface area contributed by atoms with Crippen LogP contribution in [-0.4, -0.2) is 39.5 Å². The average Bonchev–Trinajstić information content (AvgIpc) is 1.98. The average molecular weight is 159 g/mol. The summed E-state index contributed by atoms with van der Waals surface area (Å²) in [5.41, 5.74) is 0. The summed E-state index contributed by atoms with van der Waals surface area (Å²) < 4.78 is 9.98. The van der Waals surface area contributed by atoms with Gasteiger partial charge in [-0.15, -0.1) is 0 Å². The molecule has 0 saturated heterocycles. The third-order valence-electron chi connectivity index (χ3n) is 1.26. The zero-order valence-electron chi connectivity index (χ0n) is 7.70. The van der Waals surface area contributed by atoms with E-state index in [0.29, 0.717) is 0 Å². The third kappa shape index (κ3) is 5.88.